The first-order valence-corrected chi connectivity index (χ1v) is 4.93. The van der Waals surface area contributed by atoms with Gasteiger partial charge in [0, 0.05) is 10.6 Å². The van der Waals surface area contributed by atoms with Crippen LogP contribution in [0.5, 0.6) is 5.75 Å². The van der Waals surface area contributed by atoms with Crippen molar-refractivity contribution in [2.45, 2.75) is 13.0 Å². The summed E-state index contributed by atoms with van der Waals surface area (Å²) in [5.41, 5.74) is 4.53. The fourth-order valence-electron chi connectivity index (χ4n) is 1.42. The van der Waals surface area contributed by atoms with Crippen LogP contribution >= 0.6 is 11.6 Å². The predicted molar refractivity (Wildman–Crippen MR) is 62.9 cm³/mol. The molecule has 1 rings (SSSR count). The maximum absolute atomic E-state index is 5.87. The normalized spacial score (nSPS) is 12.3. The smallest absolute Gasteiger partial charge is 0.125 e. The Hall–Kier alpha value is -1.03. The number of hydrogen-bond donors (Lipinski definition) is 2. The Bertz CT molecular complexity index is 366. The van der Waals surface area contributed by atoms with Gasteiger partial charge in [-0.3, -0.25) is 5.84 Å². The number of methoxy groups -OCH3 is 1. The van der Waals surface area contributed by atoms with Crippen LogP contribution in [0.2, 0.25) is 5.02 Å². The van der Waals surface area contributed by atoms with Gasteiger partial charge in [0.2, 0.25) is 0 Å². The van der Waals surface area contributed by atoms with Crippen LogP contribution in [0.3, 0.4) is 0 Å². The van der Waals surface area contributed by atoms with Gasteiger partial charge in [-0.2, -0.15) is 0 Å². The zero-order chi connectivity index (χ0) is 11.4. The number of hydrogen-bond acceptors (Lipinski definition) is 3. The maximum Gasteiger partial charge on any atom is 0.125 e. The highest BCUT2D eigenvalue weighted by atomic mass is 35.5. The molecular formula is C11H15ClN2O. The van der Waals surface area contributed by atoms with Crippen molar-refractivity contribution in [2.75, 3.05) is 7.11 Å². The van der Waals surface area contributed by atoms with Crippen molar-refractivity contribution in [3.63, 3.8) is 0 Å². The van der Waals surface area contributed by atoms with E-state index in [2.05, 4.69) is 12.0 Å². The Balaban J connectivity index is 3.16. The number of hydrazine groups is 1. The zero-order valence-corrected chi connectivity index (χ0v) is 9.64. The van der Waals surface area contributed by atoms with Gasteiger partial charge in [-0.15, -0.1) is 0 Å². The molecule has 0 aliphatic rings. The molecule has 1 aromatic rings. The second-order valence-corrected chi connectivity index (χ2v) is 3.77. The topological polar surface area (TPSA) is 47.3 Å². The molecule has 0 fully saturated rings. The number of nitrogens with one attached hydrogen (secondary N) is 1. The largest absolute Gasteiger partial charge is 0.496 e. The molecule has 0 bridgehead atoms. The molecule has 4 heteroatoms. The summed E-state index contributed by atoms with van der Waals surface area (Å²) in [7, 11) is 1.60. The van der Waals surface area contributed by atoms with Crippen LogP contribution in [0.1, 0.15) is 18.5 Å². The maximum atomic E-state index is 5.87. The van der Waals surface area contributed by atoms with Crippen molar-refractivity contribution in [3.05, 3.63) is 40.9 Å². The lowest BCUT2D eigenvalue weighted by Crippen LogP contribution is -2.28. The van der Waals surface area contributed by atoms with E-state index in [0.717, 1.165) is 11.1 Å². The minimum absolute atomic E-state index is 0.128. The highest BCUT2D eigenvalue weighted by molar-refractivity contribution is 6.30. The second-order valence-electron chi connectivity index (χ2n) is 3.33. The number of benzene rings is 1. The van der Waals surface area contributed by atoms with Crippen LogP contribution in [0.4, 0.5) is 0 Å². The Morgan fingerprint density at radius 2 is 2.27 bits per heavy atom. The molecule has 1 unspecified atom stereocenters. The lowest BCUT2D eigenvalue weighted by atomic mass is 10.0. The molecule has 0 saturated heterocycles. The number of ether oxygens (including phenoxy) is 1. The third kappa shape index (κ3) is 2.72. The molecule has 0 radical (unpaired) electrons. The molecule has 15 heavy (non-hydrogen) atoms. The van der Waals surface area contributed by atoms with Gasteiger partial charge in [0.25, 0.3) is 0 Å². The van der Waals surface area contributed by atoms with Gasteiger partial charge in [-0.25, -0.2) is 5.43 Å². The molecule has 0 spiro atoms. The van der Waals surface area contributed by atoms with Crippen LogP contribution in [-0.2, 0) is 0 Å². The number of halogens is 1. The number of nitrogens with two attached hydrogens (primary N) is 1. The van der Waals surface area contributed by atoms with Crippen LogP contribution in [-0.4, -0.2) is 7.11 Å². The van der Waals surface area contributed by atoms with Crippen molar-refractivity contribution < 1.29 is 4.74 Å². The fraction of sp³-hybridized carbons (Fsp3) is 0.273. The summed E-state index contributed by atoms with van der Waals surface area (Å²) in [5, 5.41) is 0.632. The lowest BCUT2D eigenvalue weighted by molar-refractivity contribution is 0.404. The van der Waals surface area contributed by atoms with E-state index >= 15 is 0 Å². The van der Waals surface area contributed by atoms with E-state index in [-0.39, 0.29) is 6.04 Å². The van der Waals surface area contributed by atoms with Gasteiger partial charge >= 0.3 is 0 Å². The van der Waals surface area contributed by atoms with E-state index in [4.69, 9.17) is 22.2 Å². The summed E-state index contributed by atoms with van der Waals surface area (Å²) in [4.78, 5) is 0. The minimum atomic E-state index is -0.128. The average Bonchev–Trinajstić information content (AvgIpc) is 2.20. The first-order valence-electron chi connectivity index (χ1n) is 4.55. The molecule has 3 nitrogen and oxygen atoms in total. The van der Waals surface area contributed by atoms with Crippen LogP contribution in [0.25, 0.3) is 0 Å². The van der Waals surface area contributed by atoms with E-state index in [0.29, 0.717) is 10.8 Å². The van der Waals surface area contributed by atoms with E-state index < -0.39 is 0 Å². The number of rotatable bonds is 4. The van der Waals surface area contributed by atoms with Crippen molar-refractivity contribution in [1.82, 2.24) is 5.43 Å². The summed E-state index contributed by atoms with van der Waals surface area (Å²) in [6.45, 7) is 5.77. The molecule has 0 heterocycles. The van der Waals surface area contributed by atoms with E-state index in [9.17, 15) is 0 Å². The van der Waals surface area contributed by atoms with Crippen molar-refractivity contribution in [3.8, 4) is 5.75 Å². The van der Waals surface area contributed by atoms with Gasteiger partial charge in [-0.05, 0) is 19.1 Å². The molecule has 1 atom stereocenters. The quantitative estimate of drug-likeness (QED) is 0.471. The van der Waals surface area contributed by atoms with Gasteiger partial charge in [0.05, 0.1) is 13.2 Å². The van der Waals surface area contributed by atoms with Crippen LogP contribution in [0.15, 0.2) is 30.4 Å². The molecule has 1 aromatic carbocycles. The minimum Gasteiger partial charge on any atom is -0.496 e. The van der Waals surface area contributed by atoms with Crippen LogP contribution in [0, 0.1) is 0 Å². The molecule has 0 amide bonds. The molecule has 3 N–H and O–H groups in total. The van der Waals surface area contributed by atoms with Crippen LogP contribution < -0.4 is 16.0 Å². The van der Waals surface area contributed by atoms with Gasteiger partial charge in [-0.1, -0.05) is 29.8 Å². The predicted octanol–water partition coefficient (Wildman–Crippen LogP) is 2.43. The average molecular weight is 227 g/mol. The van der Waals surface area contributed by atoms with E-state index in [1.807, 2.05) is 13.0 Å². The lowest BCUT2D eigenvalue weighted by Gasteiger charge is -2.19. The Morgan fingerprint density at radius 3 is 2.73 bits per heavy atom. The standard InChI is InChI=1S/C11H15ClN2O/c1-7(2)11(14-13)9-5-4-8(12)6-10(9)15-3/h4-6,11,14H,1,13H2,2-3H3. The van der Waals surface area contributed by atoms with Gasteiger partial charge < -0.3 is 4.74 Å². The highest BCUT2D eigenvalue weighted by Crippen LogP contribution is 2.30. The molecule has 0 aromatic heterocycles. The molecule has 82 valence electrons. The second kappa shape index (κ2) is 5.16. The third-order valence-electron chi connectivity index (χ3n) is 2.17. The van der Waals surface area contributed by atoms with Gasteiger partial charge in [0.15, 0.2) is 0 Å². The fourth-order valence-corrected chi connectivity index (χ4v) is 1.58. The third-order valence-corrected chi connectivity index (χ3v) is 2.40. The summed E-state index contributed by atoms with van der Waals surface area (Å²) >= 11 is 5.87. The molecule has 0 aliphatic carbocycles. The summed E-state index contributed by atoms with van der Waals surface area (Å²) < 4.78 is 5.24. The Kier molecular flexibility index (Phi) is 4.15. The SMILES string of the molecule is C=C(C)C(NN)c1ccc(Cl)cc1OC. The van der Waals surface area contributed by atoms with Crippen molar-refractivity contribution in [2.24, 2.45) is 5.84 Å². The Labute approximate surface area is 94.8 Å². The zero-order valence-electron chi connectivity index (χ0n) is 8.88. The van der Waals surface area contributed by atoms with E-state index in [1.165, 1.54) is 0 Å². The summed E-state index contributed by atoms with van der Waals surface area (Å²) in [6, 6.07) is 5.30. The van der Waals surface area contributed by atoms with Gasteiger partial charge in [0.1, 0.15) is 5.75 Å². The first-order chi connectivity index (χ1) is 7.10. The molecular weight excluding hydrogens is 212 g/mol. The monoisotopic (exact) mass is 226 g/mol. The summed E-state index contributed by atoms with van der Waals surface area (Å²) in [6.07, 6.45) is 0. The van der Waals surface area contributed by atoms with E-state index in [1.54, 1.807) is 19.2 Å². The van der Waals surface area contributed by atoms with Crippen molar-refractivity contribution in [1.29, 1.82) is 0 Å². The summed E-state index contributed by atoms with van der Waals surface area (Å²) in [5.74, 6) is 6.17. The molecule has 0 aliphatic heterocycles. The Morgan fingerprint density at radius 1 is 1.60 bits per heavy atom. The first kappa shape index (κ1) is 12.0. The highest BCUT2D eigenvalue weighted by Gasteiger charge is 2.15. The molecule has 0 saturated carbocycles. The van der Waals surface area contributed by atoms with Crippen molar-refractivity contribution >= 4 is 11.6 Å².